The van der Waals surface area contributed by atoms with Crippen LogP contribution in [0.5, 0.6) is 5.75 Å². The molecule has 0 spiro atoms. The molecular formula is C23H17FIN3O2. The van der Waals surface area contributed by atoms with Gasteiger partial charge in [-0.15, -0.1) is 0 Å². The molecule has 0 amide bonds. The van der Waals surface area contributed by atoms with E-state index in [1.165, 1.54) is 22.9 Å². The van der Waals surface area contributed by atoms with Gasteiger partial charge >= 0.3 is 0 Å². The van der Waals surface area contributed by atoms with Crippen LogP contribution in [0.4, 0.5) is 10.1 Å². The van der Waals surface area contributed by atoms with Crippen LogP contribution in [0.25, 0.3) is 16.6 Å². The Morgan fingerprint density at radius 2 is 1.90 bits per heavy atom. The molecule has 0 bridgehead atoms. The highest BCUT2D eigenvalue weighted by Crippen LogP contribution is 2.26. The van der Waals surface area contributed by atoms with Crippen molar-refractivity contribution in [2.45, 2.75) is 6.92 Å². The summed E-state index contributed by atoms with van der Waals surface area (Å²) in [7, 11) is 0. The second-order valence-electron chi connectivity index (χ2n) is 6.41. The van der Waals surface area contributed by atoms with E-state index in [-0.39, 0.29) is 11.4 Å². The predicted octanol–water partition coefficient (Wildman–Crippen LogP) is 5.28. The van der Waals surface area contributed by atoms with Crippen LogP contribution in [0.2, 0.25) is 0 Å². The number of aromatic nitrogens is 2. The van der Waals surface area contributed by atoms with Crippen LogP contribution in [0.15, 0.2) is 76.5 Å². The maximum absolute atomic E-state index is 13.5. The summed E-state index contributed by atoms with van der Waals surface area (Å²) in [5.41, 5.74) is 1.46. The summed E-state index contributed by atoms with van der Waals surface area (Å²) in [4.78, 5) is 22.5. The van der Waals surface area contributed by atoms with Gasteiger partial charge in [-0.3, -0.25) is 9.36 Å². The average molecular weight is 513 g/mol. The molecule has 0 unspecified atom stereocenters. The maximum Gasteiger partial charge on any atom is 0.266 e. The summed E-state index contributed by atoms with van der Waals surface area (Å²) in [6.45, 7) is 2.42. The third-order valence-corrected chi connectivity index (χ3v) is 5.10. The summed E-state index contributed by atoms with van der Waals surface area (Å²) in [6, 6.07) is 18.6. The number of nitrogens with zero attached hydrogens (tertiary/aromatic N) is 3. The number of hydrogen-bond donors (Lipinski definition) is 0. The zero-order valence-corrected chi connectivity index (χ0v) is 18.2. The summed E-state index contributed by atoms with van der Waals surface area (Å²) < 4.78 is 21.4. The van der Waals surface area contributed by atoms with Gasteiger partial charge in [0.05, 0.1) is 29.4 Å². The molecule has 1 aromatic heterocycles. The zero-order valence-electron chi connectivity index (χ0n) is 16.0. The van der Waals surface area contributed by atoms with Gasteiger partial charge in [-0.25, -0.2) is 14.4 Å². The van der Waals surface area contributed by atoms with Crippen molar-refractivity contribution in [3.63, 3.8) is 0 Å². The Labute approximate surface area is 186 Å². The monoisotopic (exact) mass is 513 g/mol. The molecule has 0 N–H and O–H groups in total. The first kappa shape index (κ1) is 20.2. The van der Waals surface area contributed by atoms with Crippen molar-refractivity contribution in [2.75, 3.05) is 6.61 Å². The second-order valence-corrected chi connectivity index (χ2v) is 7.65. The number of aliphatic imine (C=N–C) groups is 1. The van der Waals surface area contributed by atoms with Crippen molar-refractivity contribution in [3.8, 4) is 11.4 Å². The standard InChI is InChI=1S/C23H17FIN3O2/c1-2-30-21-6-4-3-5-20(21)26-14-22-27-19-12-9-16(25)13-18(19)23(29)28(22)17-10-7-15(24)8-11-17/h3-14H,2H2,1H3. The van der Waals surface area contributed by atoms with E-state index < -0.39 is 0 Å². The fraction of sp³-hybridized carbons (Fsp3) is 0.0870. The van der Waals surface area contributed by atoms with Crippen LogP contribution in [0, 0.1) is 9.39 Å². The average Bonchev–Trinajstić information content (AvgIpc) is 2.75. The molecule has 0 aliphatic carbocycles. The van der Waals surface area contributed by atoms with Gasteiger partial charge in [0.15, 0.2) is 5.82 Å². The molecular weight excluding hydrogens is 496 g/mol. The Morgan fingerprint density at radius 1 is 1.13 bits per heavy atom. The summed E-state index contributed by atoms with van der Waals surface area (Å²) in [5, 5.41) is 0.484. The predicted molar refractivity (Wildman–Crippen MR) is 125 cm³/mol. The molecule has 0 aliphatic rings. The lowest BCUT2D eigenvalue weighted by atomic mass is 10.2. The fourth-order valence-corrected chi connectivity index (χ4v) is 3.56. The maximum atomic E-state index is 13.5. The molecule has 4 rings (SSSR count). The number of rotatable bonds is 5. The number of ether oxygens (including phenoxy) is 1. The van der Waals surface area contributed by atoms with Crippen LogP contribution >= 0.6 is 22.6 Å². The van der Waals surface area contributed by atoms with Crippen molar-refractivity contribution < 1.29 is 9.13 Å². The van der Waals surface area contributed by atoms with Crippen molar-refractivity contribution in [1.82, 2.24) is 9.55 Å². The first-order valence-electron chi connectivity index (χ1n) is 9.31. The summed E-state index contributed by atoms with van der Waals surface area (Å²) >= 11 is 2.15. The largest absolute Gasteiger partial charge is 0.492 e. The van der Waals surface area contributed by atoms with Gasteiger partial charge in [0.1, 0.15) is 17.3 Å². The molecule has 0 fully saturated rings. The number of fused-ring (bicyclic) bond motifs is 1. The van der Waals surface area contributed by atoms with Crippen molar-refractivity contribution in [1.29, 1.82) is 0 Å². The molecule has 0 saturated carbocycles. The quantitative estimate of drug-likeness (QED) is 0.270. The van der Waals surface area contributed by atoms with E-state index >= 15 is 0 Å². The van der Waals surface area contributed by atoms with Crippen molar-refractivity contribution in [2.24, 2.45) is 4.99 Å². The van der Waals surface area contributed by atoms with Crippen molar-refractivity contribution in [3.05, 3.63) is 92.3 Å². The highest BCUT2D eigenvalue weighted by molar-refractivity contribution is 14.1. The molecule has 0 saturated heterocycles. The van der Waals surface area contributed by atoms with E-state index in [0.717, 1.165) is 3.57 Å². The molecule has 0 radical (unpaired) electrons. The minimum atomic E-state index is -0.379. The molecule has 30 heavy (non-hydrogen) atoms. The SMILES string of the molecule is CCOc1ccccc1N=Cc1nc2ccc(I)cc2c(=O)n1-c1ccc(F)cc1. The molecule has 1 heterocycles. The summed E-state index contributed by atoms with van der Waals surface area (Å²) in [6.07, 6.45) is 1.53. The Kier molecular flexibility index (Phi) is 5.89. The van der Waals surface area contributed by atoms with E-state index in [1.807, 2.05) is 37.3 Å². The third kappa shape index (κ3) is 4.11. The van der Waals surface area contributed by atoms with E-state index in [0.29, 0.717) is 40.5 Å². The van der Waals surface area contributed by atoms with E-state index in [1.54, 1.807) is 24.3 Å². The van der Waals surface area contributed by atoms with Gasteiger partial charge in [-0.05, 0) is 84.1 Å². The smallest absolute Gasteiger partial charge is 0.266 e. The van der Waals surface area contributed by atoms with Gasteiger partial charge < -0.3 is 4.74 Å². The lowest BCUT2D eigenvalue weighted by molar-refractivity contribution is 0.341. The molecule has 7 heteroatoms. The first-order valence-corrected chi connectivity index (χ1v) is 10.4. The molecule has 0 atom stereocenters. The lowest BCUT2D eigenvalue weighted by Crippen LogP contribution is -2.24. The van der Waals surface area contributed by atoms with E-state index in [4.69, 9.17) is 4.74 Å². The van der Waals surface area contributed by atoms with Crippen LogP contribution in [-0.2, 0) is 0 Å². The van der Waals surface area contributed by atoms with Crippen LogP contribution in [0.3, 0.4) is 0 Å². The number of hydrogen-bond acceptors (Lipinski definition) is 4. The number of halogens is 2. The Morgan fingerprint density at radius 3 is 2.67 bits per heavy atom. The number of para-hydroxylation sites is 2. The fourth-order valence-electron chi connectivity index (χ4n) is 3.07. The Hall–Kier alpha value is -3.07. The molecule has 4 aromatic rings. The molecule has 0 aliphatic heterocycles. The van der Waals surface area contributed by atoms with Gasteiger partial charge in [0.25, 0.3) is 5.56 Å². The molecule has 3 aromatic carbocycles. The number of benzene rings is 3. The topological polar surface area (TPSA) is 56.5 Å². The normalized spacial score (nSPS) is 11.3. The van der Waals surface area contributed by atoms with Crippen LogP contribution in [0.1, 0.15) is 12.7 Å². The Balaban J connectivity index is 1.92. The second kappa shape index (κ2) is 8.74. The summed E-state index contributed by atoms with van der Waals surface area (Å²) in [5.74, 6) is 0.602. The molecule has 5 nitrogen and oxygen atoms in total. The molecule has 150 valence electrons. The van der Waals surface area contributed by atoms with Crippen LogP contribution in [-0.4, -0.2) is 22.4 Å². The van der Waals surface area contributed by atoms with Crippen LogP contribution < -0.4 is 10.3 Å². The lowest BCUT2D eigenvalue weighted by Gasteiger charge is -2.11. The minimum Gasteiger partial charge on any atom is -0.492 e. The van der Waals surface area contributed by atoms with Gasteiger partial charge in [0.2, 0.25) is 0 Å². The van der Waals surface area contributed by atoms with E-state index in [9.17, 15) is 9.18 Å². The van der Waals surface area contributed by atoms with Gasteiger partial charge in [0, 0.05) is 3.57 Å². The van der Waals surface area contributed by atoms with Gasteiger partial charge in [-0.2, -0.15) is 0 Å². The van der Waals surface area contributed by atoms with Crippen molar-refractivity contribution >= 4 is 45.4 Å². The van der Waals surface area contributed by atoms with Gasteiger partial charge in [-0.1, -0.05) is 12.1 Å². The third-order valence-electron chi connectivity index (χ3n) is 4.43. The van der Waals surface area contributed by atoms with E-state index in [2.05, 4.69) is 32.6 Å². The first-order chi connectivity index (χ1) is 14.6. The highest BCUT2D eigenvalue weighted by atomic mass is 127. The zero-order chi connectivity index (χ0) is 21.1. The highest BCUT2D eigenvalue weighted by Gasteiger charge is 2.12. The Bertz CT molecular complexity index is 1300. The minimum absolute atomic E-state index is 0.246.